The fourth-order valence-corrected chi connectivity index (χ4v) is 3.60. The van der Waals surface area contributed by atoms with E-state index < -0.39 is 10.8 Å². The van der Waals surface area contributed by atoms with Crippen LogP contribution in [0, 0.1) is 6.92 Å². The Morgan fingerprint density at radius 2 is 1.82 bits per heavy atom. The van der Waals surface area contributed by atoms with Gasteiger partial charge < -0.3 is 4.57 Å². The first-order chi connectivity index (χ1) is 10.4. The van der Waals surface area contributed by atoms with E-state index in [9.17, 15) is 9.00 Å². The molecule has 116 valence electrons. The van der Waals surface area contributed by atoms with Crippen LogP contribution in [-0.4, -0.2) is 27.1 Å². The highest BCUT2D eigenvalue weighted by Crippen LogP contribution is 2.21. The lowest BCUT2D eigenvalue weighted by atomic mass is 10.1. The zero-order chi connectivity index (χ0) is 16.3. The van der Waals surface area contributed by atoms with E-state index in [1.165, 1.54) is 11.8 Å². The standard InChI is InChI=1S/C17H19NO2S2/c1-12-5-7-13(8-6-12)17(19)15-10-9-14(18(15)2)11-16(21-3)22(4)20/h5-11H,1-4H3/b16-11-/t22-/m1/s1. The molecule has 1 aromatic carbocycles. The molecule has 0 amide bonds. The molecular formula is C17H19NO2S2. The molecule has 0 spiro atoms. The van der Waals surface area contributed by atoms with Gasteiger partial charge in [0, 0.05) is 24.6 Å². The van der Waals surface area contributed by atoms with Gasteiger partial charge >= 0.3 is 0 Å². The minimum absolute atomic E-state index is 0.00882. The van der Waals surface area contributed by atoms with Crippen LogP contribution in [0.4, 0.5) is 0 Å². The summed E-state index contributed by atoms with van der Waals surface area (Å²) < 4.78 is 14.3. The average Bonchev–Trinajstić information content (AvgIpc) is 2.85. The van der Waals surface area contributed by atoms with E-state index in [2.05, 4.69) is 0 Å². The molecule has 0 radical (unpaired) electrons. The number of aromatic nitrogens is 1. The monoisotopic (exact) mass is 333 g/mol. The summed E-state index contributed by atoms with van der Waals surface area (Å²) in [6, 6.07) is 11.2. The first-order valence-corrected chi connectivity index (χ1v) is 9.58. The third-order valence-corrected chi connectivity index (χ3v) is 5.87. The summed E-state index contributed by atoms with van der Waals surface area (Å²) >= 11 is 1.46. The molecule has 0 unspecified atom stereocenters. The molecule has 3 nitrogen and oxygen atoms in total. The Morgan fingerprint density at radius 3 is 2.36 bits per heavy atom. The van der Waals surface area contributed by atoms with Gasteiger partial charge in [0.05, 0.1) is 20.7 Å². The van der Waals surface area contributed by atoms with Gasteiger partial charge in [-0.3, -0.25) is 9.00 Å². The summed E-state index contributed by atoms with van der Waals surface area (Å²) in [5, 5.41) is 0. The van der Waals surface area contributed by atoms with Crippen LogP contribution in [0.5, 0.6) is 0 Å². The predicted octanol–water partition coefficient (Wildman–Crippen LogP) is 3.60. The maximum Gasteiger partial charge on any atom is 0.209 e. The first kappa shape index (κ1) is 16.8. The van der Waals surface area contributed by atoms with Crippen molar-refractivity contribution in [1.29, 1.82) is 0 Å². The van der Waals surface area contributed by atoms with Gasteiger partial charge in [-0.15, -0.1) is 11.8 Å². The number of hydrogen-bond acceptors (Lipinski definition) is 3. The highest BCUT2D eigenvalue weighted by molar-refractivity contribution is 8.16. The molecule has 1 heterocycles. The number of ketones is 1. The van der Waals surface area contributed by atoms with Crippen molar-refractivity contribution in [3.63, 3.8) is 0 Å². The van der Waals surface area contributed by atoms with Crippen molar-refractivity contribution in [3.8, 4) is 0 Å². The minimum atomic E-state index is -1.03. The Labute approximate surface area is 137 Å². The van der Waals surface area contributed by atoms with E-state index in [4.69, 9.17) is 0 Å². The molecule has 1 atom stereocenters. The Bertz CT molecular complexity index is 743. The Morgan fingerprint density at radius 1 is 1.18 bits per heavy atom. The average molecular weight is 333 g/mol. The maximum atomic E-state index is 12.6. The molecule has 2 aromatic rings. The molecule has 5 heteroatoms. The number of benzene rings is 1. The molecule has 0 saturated carbocycles. The summed E-state index contributed by atoms with van der Waals surface area (Å²) in [5.74, 6) is -0.00882. The van der Waals surface area contributed by atoms with Crippen LogP contribution in [0.25, 0.3) is 6.08 Å². The van der Waals surface area contributed by atoms with Crippen LogP contribution < -0.4 is 0 Å². The largest absolute Gasteiger partial charge is 0.341 e. The topological polar surface area (TPSA) is 39.1 Å². The van der Waals surface area contributed by atoms with E-state index in [0.29, 0.717) is 11.3 Å². The van der Waals surface area contributed by atoms with Crippen molar-refractivity contribution in [3.05, 3.63) is 63.2 Å². The fraction of sp³-hybridized carbons (Fsp3) is 0.235. The van der Waals surface area contributed by atoms with Crippen LogP contribution in [0.15, 0.2) is 40.6 Å². The molecule has 2 rings (SSSR count). The number of aryl methyl sites for hydroxylation is 1. The molecule has 1 aromatic heterocycles. The molecule has 0 N–H and O–H groups in total. The van der Waals surface area contributed by atoms with E-state index in [0.717, 1.165) is 15.5 Å². The second kappa shape index (κ2) is 7.11. The van der Waals surface area contributed by atoms with Gasteiger partial charge in [-0.2, -0.15) is 0 Å². The van der Waals surface area contributed by atoms with E-state index in [1.807, 2.05) is 67.3 Å². The van der Waals surface area contributed by atoms with Crippen molar-refractivity contribution < 1.29 is 9.00 Å². The van der Waals surface area contributed by atoms with Gasteiger partial charge in [0.15, 0.2) is 0 Å². The number of rotatable bonds is 5. The van der Waals surface area contributed by atoms with Gasteiger partial charge in [0.25, 0.3) is 0 Å². The zero-order valence-corrected chi connectivity index (χ0v) is 14.8. The Hall–Kier alpha value is -1.59. The van der Waals surface area contributed by atoms with Gasteiger partial charge in [-0.05, 0) is 31.4 Å². The van der Waals surface area contributed by atoms with Gasteiger partial charge in [0.2, 0.25) is 5.78 Å². The smallest absolute Gasteiger partial charge is 0.209 e. The second-order valence-corrected chi connectivity index (χ2v) is 7.47. The number of nitrogens with zero attached hydrogens (tertiary/aromatic N) is 1. The highest BCUT2D eigenvalue weighted by Gasteiger charge is 2.14. The molecular weight excluding hydrogens is 314 g/mol. The van der Waals surface area contributed by atoms with Crippen molar-refractivity contribution in [2.24, 2.45) is 7.05 Å². The van der Waals surface area contributed by atoms with E-state index >= 15 is 0 Å². The summed E-state index contributed by atoms with van der Waals surface area (Å²) in [7, 11) is 0.825. The van der Waals surface area contributed by atoms with Gasteiger partial charge in [-0.1, -0.05) is 29.8 Å². The minimum Gasteiger partial charge on any atom is -0.341 e. The lowest BCUT2D eigenvalue weighted by Gasteiger charge is -2.06. The third-order valence-electron chi connectivity index (χ3n) is 3.46. The molecule has 0 fully saturated rings. The van der Waals surface area contributed by atoms with E-state index in [-0.39, 0.29) is 5.78 Å². The molecule has 0 saturated heterocycles. The molecule has 0 aliphatic carbocycles. The zero-order valence-electron chi connectivity index (χ0n) is 13.1. The van der Waals surface area contributed by atoms with Gasteiger partial charge in [0.1, 0.15) is 0 Å². The van der Waals surface area contributed by atoms with Crippen LogP contribution in [-0.2, 0) is 17.8 Å². The highest BCUT2D eigenvalue weighted by atomic mass is 32.2. The fourth-order valence-electron chi connectivity index (χ4n) is 2.13. The number of carbonyl (C=O) groups excluding carboxylic acids is 1. The molecule has 22 heavy (non-hydrogen) atoms. The summed E-state index contributed by atoms with van der Waals surface area (Å²) in [5.41, 5.74) is 3.29. The lowest BCUT2D eigenvalue weighted by molar-refractivity contribution is 0.103. The van der Waals surface area contributed by atoms with Gasteiger partial charge in [-0.25, -0.2) is 0 Å². The van der Waals surface area contributed by atoms with Crippen LogP contribution >= 0.6 is 11.8 Å². The lowest BCUT2D eigenvalue weighted by Crippen LogP contribution is -2.08. The van der Waals surface area contributed by atoms with Crippen molar-refractivity contribution >= 4 is 34.4 Å². The van der Waals surface area contributed by atoms with Crippen molar-refractivity contribution in [2.45, 2.75) is 6.92 Å². The maximum absolute atomic E-state index is 12.6. The normalized spacial score (nSPS) is 13.2. The molecule has 0 bridgehead atoms. The Balaban J connectivity index is 2.37. The molecule has 0 aliphatic heterocycles. The number of hydrogen-bond donors (Lipinski definition) is 0. The van der Waals surface area contributed by atoms with Crippen LogP contribution in [0.1, 0.15) is 27.3 Å². The van der Waals surface area contributed by atoms with Crippen LogP contribution in [0.2, 0.25) is 0 Å². The number of thioether (sulfide) groups is 1. The summed E-state index contributed by atoms with van der Waals surface area (Å²) in [6.45, 7) is 1.99. The Kier molecular flexibility index (Phi) is 5.42. The first-order valence-electron chi connectivity index (χ1n) is 6.80. The SMILES string of the molecule is CS/C(=C/c1ccc(C(=O)c2ccc(C)cc2)n1C)[S@@](C)=O. The van der Waals surface area contributed by atoms with Crippen molar-refractivity contribution in [1.82, 2.24) is 4.57 Å². The van der Waals surface area contributed by atoms with E-state index in [1.54, 1.807) is 6.26 Å². The van der Waals surface area contributed by atoms with Crippen LogP contribution in [0.3, 0.4) is 0 Å². The summed E-state index contributed by atoms with van der Waals surface area (Å²) in [6.07, 6.45) is 5.42. The summed E-state index contributed by atoms with van der Waals surface area (Å²) in [4.78, 5) is 12.6. The second-order valence-electron chi connectivity index (χ2n) is 5.02. The van der Waals surface area contributed by atoms with Crippen molar-refractivity contribution in [2.75, 3.05) is 12.5 Å². The third kappa shape index (κ3) is 3.59. The number of carbonyl (C=O) groups is 1. The quantitative estimate of drug-likeness (QED) is 0.785. The predicted molar refractivity (Wildman–Crippen MR) is 95.6 cm³/mol. The molecule has 0 aliphatic rings.